The molecule has 2 atom stereocenters. The van der Waals surface area contributed by atoms with E-state index in [1.807, 2.05) is 21.1 Å². The fourth-order valence-electron chi connectivity index (χ4n) is 13.5. The van der Waals surface area contributed by atoms with Gasteiger partial charge in [0, 0.05) is 12.8 Å². The highest BCUT2D eigenvalue weighted by molar-refractivity contribution is 7.45. The summed E-state index contributed by atoms with van der Waals surface area (Å²) in [5.74, 6) is -0.804. The van der Waals surface area contributed by atoms with Crippen molar-refractivity contribution in [2.24, 2.45) is 0 Å². The van der Waals surface area contributed by atoms with Crippen LogP contribution < -0.4 is 4.89 Å². The van der Waals surface area contributed by atoms with Crippen LogP contribution in [-0.4, -0.2) is 70.0 Å². The van der Waals surface area contributed by atoms with Gasteiger partial charge in [-0.25, -0.2) is 0 Å². The van der Waals surface area contributed by atoms with E-state index in [1.54, 1.807) is 0 Å². The van der Waals surface area contributed by atoms with Gasteiger partial charge in [-0.1, -0.05) is 416 Å². The highest BCUT2D eigenvalue weighted by atomic mass is 31.2. The Morgan fingerprint density at radius 2 is 0.551 bits per heavy atom. The molecule has 0 radical (unpaired) electrons. The van der Waals surface area contributed by atoms with Gasteiger partial charge in [-0.3, -0.25) is 14.2 Å². The molecule has 0 heterocycles. The number of likely N-dealkylation sites (N-methyl/N-ethyl adjacent to an activating group) is 1. The monoisotopic (exact) mass is 1400 g/mol. The van der Waals surface area contributed by atoms with E-state index in [2.05, 4.69) is 50.3 Å². The molecule has 0 saturated heterocycles. The first-order chi connectivity index (χ1) is 48.0. The lowest BCUT2D eigenvalue weighted by atomic mass is 10.0. The standard InChI is InChI=1S/C88H170NO8P/c1-6-8-10-12-14-16-18-20-22-24-26-28-30-32-34-36-38-40-41-42-43-44-45-46-47-49-50-52-54-56-58-60-62-64-66-68-70-72-74-76-78-80-87(90)94-84-86(85-96-98(92,93)95-83-82-89(3,4)5)97-88(91)81-79-77-75-73-71-69-67-65-63-61-59-57-55-53-51-48-39-37-35-33-31-29-27-25-23-21-19-17-15-13-11-9-7-2/h19,21,24-27,86H,6-18,20,22-23,28-85H2,1-5H3/b21-19-,26-24-,27-25-. The van der Waals surface area contributed by atoms with Gasteiger partial charge in [-0.05, 0) is 70.6 Å². The van der Waals surface area contributed by atoms with Gasteiger partial charge in [0.15, 0.2) is 6.10 Å². The molecule has 0 aliphatic heterocycles. The van der Waals surface area contributed by atoms with E-state index < -0.39 is 26.5 Å². The molecule has 0 amide bonds. The van der Waals surface area contributed by atoms with Gasteiger partial charge in [0.1, 0.15) is 19.8 Å². The lowest BCUT2D eigenvalue weighted by molar-refractivity contribution is -0.870. The summed E-state index contributed by atoms with van der Waals surface area (Å²) in [5.41, 5.74) is 0. The predicted molar refractivity (Wildman–Crippen MR) is 425 cm³/mol. The van der Waals surface area contributed by atoms with Crippen LogP contribution in [0.4, 0.5) is 0 Å². The normalized spacial score (nSPS) is 13.1. The van der Waals surface area contributed by atoms with Crippen molar-refractivity contribution in [1.82, 2.24) is 0 Å². The molecule has 0 rings (SSSR count). The second kappa shape index (κ2) is 79.3. The first-order valence-electron chi connectivity index (χ1n) is 43.7. The van der Waals surface area contributed by atoms with Crippen molar-refractivity contribution in [2.75, 3.05) is 47.5 Å². The second-order valence-electron chi connectivity index (χ2n) is 31.3. The largest absolute Gasteiger partial charge is 0.756 e. The van der Waals surface area contributed by atoms with Gasteiger partial charge < -0.3 is 27.9 Å². The Morgan fingerprint density at radius 1 is 0.316 bits per heavy atom. The first-order valence-corrected chi connectivity index (χ1v) is 45.2. The lowest BCUT2D eigenvalue weighted by Gasteiger charge is -2.28. The van der Waals surface area contributed by atoms with Crippen LogP contribution in [0.5, 0.6) is 0 Å². The number of ether oxygens (including phenoxy) is 2. The van der Waals surface area contributed by atoms with E-state index in [0.717, 1.165) is 38.5 Å². The zero-order valence-corrected chi connectivity index (χ0v) is 67.4. The number of carbonyl (C=O) groups is 2. The molecule has 0 aromatic rings. The summed E-state index contributed by atoms with van der Waals surface area (Å²) < 4.78 is 34.5. The average molecular weight is 1400 g/mol. The molecule has 0 aliphatic rings. The van der Waals surface area contributed by atoms with E-state index in [-0.39, 0.29) is 32.0 Å². The molecule has 0 saturated carbocycles. The van der Waals surface area contributed by atoms with Crippen molar-refractivity contribution < 1.29 is 42.1 Å². The summed E-state index contributed by atoms with van der Waals surface area (Å²) in [7, 11) is 1.19. The number of hydrogen-bond acceptors (Lipinski definition) is 8. The number of quaternary nitrogens is 1. The van der Waals surface area contributed by atoms with Crippen LogP contribution >= 0.6 is 7.82 Å². The molecular weight excluding hydrogens is 1230 g/mol. The summed E-state index contributed by atoms with van der Waals surface area (Å²) >= 11 is 0. The van der Waals surface area contributed by atoms with Gasteiger partial charge in [-0.15, -0.1) is 0 Å². The van der Waals surface area contributed by atoms with Crippen LogP contribution in [0.2, 0.25) is 0 Å². The topological polar surface area (TPSA) is 111 Å². The smallest absolute Gasteiger partial charge is 0.306 e. The molecule has 0 aromatic carbocycles. The van der Waals surface area contributed by atoms with E-state index in [9.17, 15) is 19.0 Å². The Bertz CT molecular complexity index is 1740. The van der Waals surface area contributed by atoms with Crippen molar-refractivity contribution >= 4 is 19.8 Å². The minimum absolute atomic E-state index is 0.0269. The van der Waals surface area contributed by atoms with Gasteiger partial charge >= 0.3 is 11.9 Å². The van der Waals surface area contributed by atoms with Crippen LogP contribution in [0.15, 0.2) is 36.5 Å². The molecule has 0 spiro atoms. The number of allylic oxidation sites excluding steroid dienone is 6. The summed E-state index contributed by atoms with van der Waals surface area (Å²) in [6, 6.07) is 0. The molecule has 580 valence electrons. The first kappa shape index (κ1) is 96.2. The maximum Gasteiger partial charge on any atom is 0.306 e. The van der Waals surface area contributed by atoms with Crippen molar-refractivity contribution in [2.45, 2.75) is 469 Å². The summed E-state index contributed by atoms with van der Waals surface area (Å²) in [5, 5.41) is 0. The zero-order chi connectivity index (χ0) is 71.1. The number of phosphoric ester groups is 1. The Morgan fingerprint density at radius 3 is 0.816 bits per heavy atom. The van der Waals surface area contributed by atoms with Crippen LogP contribution in [0.3, 0.4) is 0 Å². The highest BCUT2D eigenvalue weighted by Crippen LogP contribution is 2.38. The number of esters is 2. The maximum atomic E-state index is 12.9. The average Bonchev–Trinajstić information content (AvgIpc) is 1.08. The second-order valence-corrected chi connectivity index (χ2v) is 32.7. The molecule has 0 N–H and O–H groups in total. The number of unbranched alkanes of at least 4 members (excludes halogenated alkanes) is 63. The van der Waals surface area contributed by atoms with Crippen LogP contribution in [0, 0.1) is 0 Å². The number of rotatable bonds is 83. The Hall–Kier alpha value is -1.77. The molecule has 0 fully saturated rings. The minimum Gasteiger partial charge on any atom is -0.756 e. The molecule has 0 bridgehead atoms. The summed E-state index contributed by atoms with van der Waals surface area (Å²) in [6.45, 7) is 4.32. The quantitative estimate of drug-likeness (QED) is 0.0195. The molecule has 98 heavy (non-hydrogen) atoms. The number of carbonyl (C=O) groups excluding carboxylic acids is 2. The Kier molecular flexibility index (Phi) is 77.9. The Labute approximate surface area is 612 Å². The van der Waals surface area contributed by atoms with Gasteiger partial charge in [-0.2, -0.15) is 0 Å². The van der Waals surface area contributed by atoms with Crippen LogP contribution in [0.1, 0.15) is 463 Å². The molecule has 2 unspecified atom stereocenters. The van der Waals surface area contributed by atoms with Gasteiger partial charge in [0.2, 0.25) is 0 Å². The predicted octanol–water partition coefficient (Wildman–Crippen LogP) is 28.7. The zero-order valence-electron chi connectivity index (χ0n) is 66.5. The number of nitrogens with zero attached hydrogens (tertiary/aromatic N) is 1. The minimum atomic E-state index is -4.64. The third-order valence-electron chi connectivity index (χ3n) is 20.1. The van der Waals surface area contributed by atoms with E-state index in [4.69, 9.17) is 18.5 Å². The lowest BCUT2D eigenvalue weighted by Crippen LogP contribution is -2.37. The van der Waals surface area contributed by atoms with Gasteiger partial charge in [0.05, 0.1) is 27.7 Å². The van der Waals surface area contributed by atoms with Crippen molar-refractivity contribution in [3.63, 3.8) is 0 Å². The fourth-order valence-corrected chi connectivity index (χ4v) is 14.2. The van der Waals surface area contributed by atoms with Crippen molar-refractivity contribution in [3.8, 4) is 0 Å². The highest BCUT2D eigenvalue weighted by Gasteiger charge is 2.22. The maximum absolute atomic E-state index is 12.9. The molecule has 10 heteroatoms. The molecular formula is C88H170NO8P. The third kappa shape index (κ3) is 83.2. The van der Waals surface area contributed by atoms with Gasteiger partial charge in [0.25, 0.3) is 7.82 Å². The van der Waals surface area contributed by atoms with E-state index in [1.165, 1.54) is 392 Å². The fraction of sp³-hybridized carbons (Fsp3) is 0.909. The van der Waals surface area contributed by atoms with Crippen molar-refractivity contribution in [3.05, 3.63) is 36.5 Å². The number of phosphoric acid groups is 1. The summed E-state index contributed by atoms with van der Waals surface area (Å²) in [4.78, 5) is 38.2. The van der Waals surface area contributed by atoms with E-state index in [0.29, 0.717) is 17.4 Å². The SMILES string of the molecule is CCCCCCC/C=C\C/C=C\CCCCCCCCCCCCCCCCCCCCCCCC(=O)OC(COC(=O)CCCCCCCCCCCCCCCCCCCCCCCCCCCCCCC/C=C\CCCCCCCCCC)COP(=O)([O-])OCC[N+](C)(C)C. The molecule has 9 nitrogen and oxygen atoms in total. The van der Waals surface area contributed by atoms with E-state index >= 15 is 0 Å². The Balaban J connectivity index is 3.84. The molecule has 0 aromatic heterocycles. The number of hydrogen-bond donors (Lipinski definition) is 0. The van der Waals surface area contributed by atoms with Crippen LogP contribution in [0.25, 0.3) is 0 Å². The van der Waals surface area contributed by atoms with Crippen molar-refractivity contribution in [1.29, 1.82) is 0 Å². The third-order valence-corrected chi connectivity index (χ3v) is 21.1. The summed E-state index contributed by atoms with van der Waals surface area (Å²) in [6.07, 6.45) is 105. The van der Waals surface area contributed by atoms with Crippen LogP contribution in [-0.2, 0) is 32.7 Å². The molecule has 0 aliphatic carbocycles.